The zero-order valence-electron chi connectivity index (χ0n) is 25.3. The zero-order chi connectivity index (χ0) is 29.4. The van der Waals surface area contributed by atoms with Gasteiger partial charge in [0.25, 0.3) is 5.91 Å². The summed E-state index contributed by atoms with van der Waals surface area (Å²) in [6, 6.07) is 6.42. The number of piperidine rings is 1. The third kappa shape index (κ3) is 7.41. The molecule has 2 atom stereocenters. The lowest BCUT2D eigenvalue weighted by molar-refractivity contribution is -0.165. The Morgan fingerprint density at radius 3 is 2.37 bits per heavy atom. The number of carbonyl (C=O) groups is 3. The van der Waals surface area contributed by atoms with E-state index in [-0.39, 0.29) is 23.6 Å². The molecule has 3 fully saturated rings. The number of hydrogen-bond donors (Lipinski definition) is 2. The van der Waals surface area contributed by atoms with Crippen molar-refractivity contribution < 1.29 is 24.2 Å². The van der Waals surface area contributed by atoms with E-state index in [1.807, 2.05) is 17.0 Å². The van der Waals surface area contributed by atoms with Crippen LogP contribution in [0.1, 0.15) is 87.9 Å². The first kappa shape index (κ1) is 31.3. The molecule has 41 heavy (non-hydrogen) atoms. The SMILES string of the molecule is CCCCN1C(=O)[C@@H]([C@H](O)C2CCCCC2)NC(=O)C12CCN(CCCCOc1ccc(C(=O)N(C)C)cc1)CC2. The van der Waals surface area contributed by atoms with Gasteiger partial charge >= 0.3 is 0 Å². The average molecular weight is 571 g/mol. The van der Waals surface area contributed by atoms with Crippen LogP contribution in [-0.2, 0) is 9.59 Å². The highest BCUT2D eigenvalue weighted by Crippen LogP contribution is 2.36. The summed E-state index contributed by atoms with van der Waals surface area (Å²) in [6.07, 6.45) is 9.29. The Balaban J connectivity index is 1.25. The van der Waals surface area contributed by atoms with Crippen molar-refractivity contribution in [1.29, 1.82) is 0 Å². The van der Waals surface area contributed by atoms with Gasteiger partial charge in [-0.1, -0.05) is 32.6 Å². The highest BCUT2D eigenvalue weighted by atomic mass is 16.5. The van der Waals surface area contributed by atoms with E-state index in [0.29, 0.717) is 31.6 Å². The van der Waals surface area contributed by atoms with Crippen molar-refractivity contribution in [3.63, 3.8) is 0 Å². The van der Waals surface area contributed by atoms with Crippen molar-refractivity contribution in [3.05, 3.63) is 29.8 Å². The molecular formula is C32H50N4O5. The number of aliphatic hydroxyl groups excluding tert-OH is 1. The molecular weight excluding hydrogens is 520 g/mol. The van der Waals surface area contributed by atoms with Gasteiger partial charge in [0.05, 0.1) is 12.7 Å². The minimum Gasteiger partial charge on any atom is -0.494 e. The quantitative estimate of drug-likeness (QED) is 0.373. The molecule has 9 heteroatoms. The maximum atomic E-state index is 13.8. The maximum Gasteiger partial charge on any atom is 0.253 e. The first-order valence-corrected chi connectivity index (χ1v) is 15.7. The average Bonchev–Trinajstić information content (AvgIpc) is 2.99. The highest BCUT2D eigenvalue weighted by Gasteiger charge is 2.55. The molecule has 1 saturated carbocycles. The van der Waals surface area contributed by atoms with Crippen LogP contribution in [0, 0.1) is 5.92 Å². The Morgan fingerprint density at radius 2 is 1.73 bits per heavy atom. The molecule has 3 amide bonds. The summed E-state index contributed by atoms with van der Waals surface area (Å²) in [5.74, 6) is 0.630. The van der Waals surface area contributed by atoms with Crippen LogP contribution in [0.3, 0.4) is 0 Å². The number of rotatable bonds is 12. The van der Waals surface area contributed by atoms with Crippen molar-refractivity contribution in [2.75, 3.05) is 46.9 Å². The van der Waals surface area contributed by atoms with E-state index in [1.54, 1.807) is 31.1 Å². The first-order chi connectivity index (χ1) is 19.8. The number of benzene rings is 1. The number of carbonyl (C=O) groups excluding carboxylic acids is 3. The Hall–Kier alpha value is -2.65. The van der Waals surface area contributed by atoms with Gasteiger partial charge in [-0.15, -0.1) is 0 Å². The molecule has 9 nitrogen and oxygen atoms in total. The minimum absolute atomic E-state index is 0.0275. The molecule has 1 aliphatic carbocycles. The van der Waals surface area contributed by atoms with Gasteiger partial charge in [-0.05, 0) is 81.7 Å². The summed E-state index contributed by atoms with van der Waals surface area (Å²) < 4.78 is 5.87. The lowest BCUT2D eigenvalue weighted by Crippen LogP contribution is -2.75. The van der Waals surface area contributed by atoms with E-state index in [1.165, 1.54) is 6.42 Å². The van der Waals surface area contributed by atoms with Crippen LogP contribution in [0.25, 0.3) is 0 Å². The number of likely N-dealkylation sites (tertiary alicyclic amines) is 1. The Labute approximate surface area is 245 Å². The number of unbranched alkanes of at least 4 members (excludes halogenated alkanes) is 2. The second-order valence-corrected chi connectivity index (χ2v) is 12.3. The number of amides is 3. The van der Waals surface area contributed by atoms with Crippen LogP contribution in [0.5, 0.6) is 5.75 Å². The number of aliphatic hydroxyl groups is 1. The fourth-order valence-electron chi connectivity index (χ4n) is 6.68. The van der Waals surface area contributed by atoms with E-state index in [2.05, 4.69) is 17.1 Å². The van der Waals surface area contributed by atoms with Gasteiger partial charge in [0, 0.05) is 39.3 Å². The van der Waals surface area contributed by atoms with E-state index >= 15 is 0 Å². The normalized spacial score (nSPS) is 22.4. The van der Waals surface area contributed by atoms with Gasteiger partial charge in [-0.2, -0.15) is 0 Å². The predicted octanol–water partition coefficient (Wildman–Crippen LogP) is 3.45. The number of nitrogens with one attached hydrogen (secondary N) is 1. The molecule has 228 valence electrons. The maximum absolute atomic E-state index is 13.8. The van der Waals surface area contributed by atoms with Crippen molar-refractivity contribution in [2.45, 2.75) is 95.2 Å². The van der Waals surface area contributed by atoms with Crippen LogP contribution < -0.4 is 10.1 Å². The first-order valence-electron chi connectivity index (χ1n) is 15.7. The Bertz CT molecular complexity index is 1020. The number of ether oxygens (including phenoxy) is 1. The Morgan fingerprint density at radius 1 is 1.05 bits per heavy atom. The van der Waals surface area contributed by atoms with Gasteiger partial charge in [-0.25, -0.2) is 0 Å². The fourth-order valence-corrected chi connectivity index (χ4v) is 6.68. The molecule has 1 aromatic rings. The summed E-state index contributed by atoms with van der Waals surface area (Å²) in [6.45, 7) is 5.72. The topological polar surface area (TPSA) is 102 Å². The molecule has 4 rings (SSSR count). The van der Waals surface area contributed by atoms with Gasteiger partial charge in [0.1, 0.15) is 17.3 Å². The molecule has 2 aliphatic heterocycles. The monoisotopic (exact) mass is 570 g/mol. The molecule has 2 heterocycles. The molecule has 1 spiro atoms. The number of nitrogens with zero attached hydrogens (tertiary/aromatic N) is 3. The third-order valence-electron chi connectivity index (χ3n) is 9.30. The van der Waals surface area contributed by atoms with E-state index in [9.17, 15) is 19.5 Å². The number of piperazine rings is 1. The van der Waals surface area contributed by atoms with Crippen molar-refractivity contribution >= 4 is 17.7 Å². The van der Waals surface area contributed by atoms with Crippen LogP contribution >= 0.6 is 0 Å². The predicted molar refractivity (Wildman–Crippen MR) is 159 cm³/mol. The zero-order valence-corrected chi connectivity index (χ0v) is 25.3. The number of hydrogen-bond acceptors (Lipinski definition) is 6. The van der Waals surface area contributed by atoms with E-state index < -0.39 is 17.7 Å². The highest BCUT2D eigenvalue weighted by molar-refractivity contribution is 6.00. The summed E-state index contributed by atoms with van der Waals surface area (Å²) in [4.78, 5) is 45.2. The fraction of sp³-hybridized carbons (Fsp3) is 0.719. The summed E-state index contributed by atoms with van der Waals surface area (Å²) >= 11 is 0. The molecule has 1 aromatic carbocycles. The largest absolute Gasteiger partial charge is 0.494 e. The third-order valence-corrected chi connectivity index (χ3v) is 9.30. The molecule has 0 bridgehead atoms. The van der Waals surface area contributed by atoms with Crippen molar-refractivity contribution in [2.24, 2.45) is 5.92 Å². The smallest absolute Gasteiger partial charge is 0.253 e. The lowest BCUT2D eigenvalue weighted by Gasteiger charge is -2.52. The minimum atomic E-state index is -0.823. The summed E-state index contributed by atoms with van der Waals surface area (Å²) in [7, 11) is 3.47. The van der Waals surface area contributed by atoms with Gasteiger partial charge in [0.2, 0.25) is 11.8 Å². The second-order valence-electron chi connectivity index (χ2n) is 12.3. The lowest BCUT2D eigenvalue weighted by atomic mass is 9.78. The van der Waals surface area contributed by atoms with E-state index in [0.717, 1.165) is 76.8 Å². The van der Waals surface area contributed by atoms with E-state index in [4.69, 9.17) is 4.74 Å². The molecule has 3 aliphatic rings. The van der Waals surface area contributed by atoms with Gasteiger partial charge in [0.15, 0.2) is 0 Å². The molecule has 0 radical (unpaired) electrons. The van der Waals surface area contributed by atoms with Crippen LogP contribution in [0.2, 0.25) is 0 Å². The van der Waals surface area contributed by atoms with Crippen LogP contribution in [-0.4, -0.2) is 102 Å². The second kappa shape index (κ2) is 14.5. The summed E-state index contributed by atoms with van der Waals surface area (Å²) in [5, 5.41) is 14.1. The van der Waals surface area contributed by atoms with Crippen LogP contribution in [0.4, 0.5) is 0 Å². The van der Waals surface area contributed by atoms with Gasteiger partial charge < -0.3 is 29.9 Å². The molecule has 2 N–H and O–H groups in total. The molecule has 0 aromatic heterocycles. The van der Waals surface area contributed by atoms with Crippen LogP contribution in [0.15, 0.2) is 24.3 Å². The molecule has 0 unspecified atom stereocenters. The van der Waals surface area contributed by atoms with Gasteiger partial charge in [-0.3, -0.25) is 14.4 Å². The van der Waals surface area contributed by atoms with Crippen molar-refractivity contribution in [1.82, 2.24) is 20.0 Å². The van der Waals surface area contributed by atoms with Crippen molar-refractivity contribution in [3.8, 4) is 5.75 Å². The Kier molecular flexibility index (Phi) is 11.1. The standard InChI is InChI=1S/C32H50N4O5/c1-4-5-20-36-30(39)27(28(37)24-11-7-6-8-12-24)33-31(40)32(36)17-21-35(22-18-32)19-9-10-23-41-26-15-13-25(14-16-26)29(38)34(2)3/h13-16,24,27-28,37H,4-12,17-23H2,1-3H3,(H,33,40)/t27-,28-/m1/s1. The molecule has 2 saturated heterocycles. The summed E-state index contributed by atoms with van der Waals surface area (Å²) in [5.41, 5.74) is -0.169.